The summed E-state index contributed by atoms with van der Waals surface area (Å²) in [5.41, 5.74) is 3.02. The SMILES string of the molecule is COc1ccc(NC(=O)N(C[C@H]2CCCO2)C[C@]2(O)CC[C@H]3c4ccc(cc4C(=O)c4ccccc4)C[C@@H](O)CCC(C)=CCC[C@@]32C)cc1. The number of anilines is 1. The Labute approximate surface area is 296 Å². The number of ketones is 1. The van der Waals surface area contributed by atoms with E-state index in [9.17, 15) is 19.8 Å². The number of allylic oxidation sites excluding steroid dienone is 2. The van der Waals surface area contributed by atoms with Gasteiger partial charge in [-0.2, -0.15) is 0 Å². The molecule has 0 spiro atoms. The molecule has 2 fully saturated rings. The first-order valence-electron chi connectivity index (χ1n) is 18.2. The predicted octanol–water partition coefficient (Wildman–Crippen LogP) is 7.68. The first-order valence-corrected chi connectivity index (χ1v) is 18.2. The lowest BCUT2D eigenvalue weighted by molar-refractivity contribution is -0.0799. The number of amides is 2. The van der Waals surface area contributed by atoms with Crippen molar-refractivity contribution >= 4 is 17.5 Å². The lowest BCUT2D eigenvalue weighted by Gasteiger charge is -2.46. The molecule has 0 aromatic heterocycles. The summed E-state index contributed by atoms with van der Waals surface area (Å²) in [6.07, 6.45) is 7.87. The smallest absolute Gasteiger partial charge is 0.322 e. The van der Waals surface area contributed by atoms with E-state index in [0.717, 1.165) is 36.8 Å². The maximum atomic E-state index is 14.2. The van der Waals surface area contributed by atoms with E-state index in [-0.39, 0.29) is 30.4 Å². The molecule has 1 saturated carbocycles. The Morgan fingerprint density at radius 3 is 2.52 bits per heavy atom. The fourth-order valence-corrected chi connectivity index (χ4v) is 8.39. The second-order valence-corrected chi connectivity index (χ2v) is 14.8. The standard InChI is InChI=1S/C42H52N2O6/c1-29-9-7-22-41(2)38(36-20-14-30(25-33(45)17-13-29)26-37(36)39(46)31-10-5-4-6-11-31)21-23-42(41,48)28-44(27-35-12-8-24-50-35)40(47)43-32-15-18-34(49-3)19-16-32/h4-6,9-11,14-16,18-20,26,33,35,38,45,48H,7-8,12-13,17,21-25,27-28H2,1-3H3,(H,43,47)/t33-,35+,38-,41-,42+/m0/s1. The number of carbonyl (C=O) groups excluding carboxylic acids is 2. The normalized spacial score (nSPS) is 26.8. The molecule has 1 aliphatic heterocycles. The fraction of sp³-hybridized carbons (Fsp3) is 0.476. The van der Waals surface area contributed by atoms with Crippen molar-refractivity contribution in [1.29, 1.82) is 0 Å². The Bertz CT molecular complexity index is 1670. The van der Waals surface area contributed by atoms with E-state index in [4.69, 9.17) is 9.47 Å². The van der Waals surface area contributed by atoms with E-state index in [1.807, 2.05) is 54.6 Å². The molecule has 0 radical (unpaired) electrons. The van der Waals surface area contributed by atoms with Gasteiger partial charge >= 0.3 is 6.03 Å². The molecule has 1 saturated heterocycles. The number of ether oxygens (including phenoxy) is 2. The number of fused-ring (bicyclic) bond motifs is 8. The summed E-state index contributed by atoms with van der Waals surface area (Å²) in [4.78, 5) is 30.0. The van der Waals surface area contributed by atoms with E-state index in [1.54, 1.807) is 24.1 Å². The summed E-state index contributed by atoms with van der Waals surface area (Å²) in [5.74, 6) is 0.502. The van der Waals surface area contributed by atoms with Crippen molar-refractivity contribution in [2.75, 3.05) is 32.1 Å². The minimum absolute atomic E-state index is 0.0588. The Balaban J connectivity index is 1.38. The molecule has 2 bridgehead atoms. The monoisotopic (exact) mass is 680 g/mol. The van der Waals surface area contributed by atoms with Gasteiger partial charge in [0.2, 0.25) is 0 Å². The third-order valence-electron chi connectivity index (χ3n) is 11.5. The van der Waals surface area contributed by atoms with Crippen LogP contribution in [0.3, 0.4) is 0 Å². The fourth-order valence-electron chi connectivity index (χ4n) is 8.39. The highest BCUT2D eigenvalue weighted by Crippen LogP contribution is 2.59. The zero-order valence-corrected chi connectivity index (χ0v) is 29.7. The molecule has 4 aliphatic rings. The predicted molar refractivity (Wildman–Crippen MR) is 196 cm³/mol. The van der Waals surface area contributed by atoms with Gasteiger partial charge in [0.15, 0.2) is 5.78 Å². The maximum absolute atomic E-state index is 14.2. The minimum atomic E-state index is -1.24. The molecule has 1 heterocycles. The highest BCUT2D eigenvalue weighted by atomic mass is 16.5. The van der Waals surface area contributed by atoms with Crippen LogP contribution in [0.5, 0.6) is 5.75 Å². The van der Waals surface area contributed by atoms with Gasteiger partial charge in [-0.1, -0.05) is 61.0 Å². The van der Waals surface area contributed by atoms with Crippen LogP contribution in [0.2, 0.25) is 0 Å². The Morgan fingerprint density at radius 1 is 1.02 bits per heavy atom. The van der Waals surface area contributed by atoms with Crippen molar-refractivity contribution in [3.8, 4) is 5.75 Å². The second-order valence-electron chi connectivity index (χ2n) is 14.8. The van der Waals surface area contributed by atoms with E-state index >= 15 is 0 Å². The number of methoxy groups -OCH3 is 1. The van der Waals surface area contributed by atoms with Gasteiger partial charge < -0.3 is 29.9 Å². The number of hydrogen-bond donors (Lipinski definition) is 3. The lowest BCUT2D eigenvalue weighted by atomic mass is 9.64. The van der Waals surface area contributed by atoms with Crippen molar-refractivity contribution in [1.82, 2.24) is 4.90 Å². The summed E-state index contributed by atoms with van der Waals surface area (Å²) < 4.78 is 11.3. The second kappa shape index (κ2) is 15.5. The Kier molecular flexibility index (Phi) is 11.1. The molecule has 3 N–H and O–H groups in total. The van der Waals surface area contributed by atoms with Crippen molar-refractivity contribution in [3.63, 3.8) is 0 Å². The van der Waals surface area contributed by atoms with Gasteiger partial charge in [0.1, 0.15) is 5.75 Å². The van der Waals surface area contributed by atoms with Gasteiger partial charge in [-0.05, 0) is 112 Å². The van der Waals surface area contributed by atoms with E-state index in [2.05, 4.69) is 31.3 Å². The molecular weight excluding hydrogens is 628 g/mol. The molecule has 5 atom stereocenters. The molecule has 0 unspecified atom stereocenters. The number of urea groups is 1. The molecule has 2 amide bonds. The first kappa shape index (κ1) is 35.8. The van der Waals surface area contributed by atoms with Crippen LogP contribution in [0.25, 0.3) is 0 Å². The molecule has 7 rings (SSSR count). The summed E-state index contributed by atoms with van der Waals surface area (Å²) in [6, 6.07) is 22.3. The Morgan fingerprint density at radius 2 is 1.80 bits per heavy atom. The summed E-state index contributed by atoms with van der Waals surface area (Å²) in [6.45, 7) is 5.44. The van der Waals surface area contributed by atoms with Gasteiger partial charge in [-0.3, -0.25) is 4.79 Å². The third-order valence-corrected chi connectivity index (χ3v) is 11.5. The van der Waals surface area contributed by atoms with Crippen LogP contribution in [0.4, 0.5) is 10.5 Å². The van der Waals surface area contributed by atoms with Gasteiger partial charge in [0.25, 0.3) is 0 Å². The molecule has 8 nitrogen and oxygen atoms in total. The number of nitrogens with one attached hydrogen (secondary N) is 1. The molecule has 3 aromatic carbocycles. The van der Waals surface area contributed by atoms with Gasteiger partial charge in [-0.25, -0.2) is 4.79 Å². The molecule has 3 aliphatic carbocycles. The molecular formula is C42H52N2O6. The highest BCUT2D eigenvalue weighted by molar-refractivity contribution is 6.10. The zero-order valence-electron chi connectivity index (χ0n) is 29.7. The van der Waals surface area contributed by atoms with E-state index in [0.29, 0.717) is 67.8 Å². The third kappa shape index (κ3) is 7.83. The average Bonchev–Trinajstić information content (AvgIpc) is 3.72. The van der Waals surface area contributed by atoms with E-state index in [1.165, 1.54) is 5.57 Å². The maximum Gasteiger partial charge on any atom is 0.322 e. The average molecular weight is 681 g/mol. The number of aliphatic hydroxyl groups excluding tert-OH is 1. The van der Waals surface area contributed by atoms with Crippen LogP contribution in [-0.4, -0.2) is 71.5 Å². The largest absolute Gasteiger partial charge is 0.497 e. The van der Waals surface area contributed by atoms with Crippen LogP contribution < -0.4 is 10.1 Å². The van der Waals surface area contributed by atoms with Gasteiger partial charge in [-0.15, -0.1) is 0 Å². The first-order chi connectivity index (χ1) is 24.1. The van der Waals surface area contributed by atoms with Crippen molar-refractivity contribution in [2.24, 2.45) is 5.41 Å². The van der Waals surface area contributed by atoms with Crippen molar-refractivity contribution < 1.29 is 29.3 Å². The Hall–Kier alpha value is -3.98. The summed E-state index contributed by atoms with van der Waals surface area (Å²) >= 11 is 0. The lowest BCUT2D eigenvalue weighted by Crippen LogP contribution is -2.55. The molecule has 8 heteroatoms. The van der Waals surface area contributed by atoms with Gasteiger partial charge in [0.05, 0.1) is 31.5 Å². The molecule has 3 aromatic rings. The molecule has 50 heavy (non-hydrogen) atoms. The zero-order chi connectivity index (χ0) is 35.3. The number of aliphatic hydroxyl groups is 2. The van der Waals surface area contributed by atoms with Crippen LogP contribution in [0, 0.1) is 5.41 Å². The van der Waals surface area contributed by atoms with E-state index < -0.39 is 17.1 Å². The number of benzene rings is 3. The number of nitrogens with zero attached hydrogens (tertiary/aromatic N) is 1. The van der Waals surface area contributed by atoms with Crippen LogP contribution in [0.1, 0.15) is 98.2 Å². The molecule has 266 valence electrons. The number of carbonyl (C=O) groups is 2. The van der Waals surface area contributed by atoms with Crippen LogP contribution in [0.15, 0.2) is 84.4 Å². The summed E-state index contributed by atoms with van der Waals surface area (Å²) in [7, 11) is 1.61. The van der Waals surface area contributed by atoms with Crippen molar-refractivity contribution in [2.45, 2.75) is 95.4 Å². The minimum Gasteiger partial charge on any atom is -0.497 e. The number of hydrogen-bond acceptors (Lipinski definition) is 6. The number of rotatable bonds is 8. The topological polar surface area (TPSA) is 108 Å². The van der Waals surface area contributed by atoms with Crippen LogP contribution in [-0.2, 0) is 11.2 Å². The quantitative estimate of drug-likeness (QED) is 0.166. The van der Waals surface area contributed by atoms with Gasteiger partial charge in [0, 0.05) is 35.4 Å². The summed E-state index contributed by atoms with van der Waals surface area (Å²) in [5, 5.41) is 26.9. The van der Waals surface area contributed by atoms with Crippen LogP contribution >= 0.6 is 0 Å². The van der Waals surface area contributed by atoms with Crippen molar-refractivity contribution in [3.05, 3.63) is 107 Å². The highest BCUT2D eigenvalue weighted by Gasteiger charge is 2.57.